The molecule has 1 aromatic heterocycles. The molecule has 10 heteroatoms. The monoisotopic (exact) mass is 349 g/mol. The fourth-order valence-corrected chi connectivity index (χ4v) is 1.79. The first-order chi connectivity index (χ1) is 11.1. The largest absolute Gasteiger partial charge is 0.450 e. The summed E-state index contributed by atoms with van der Waals surface area (Å²) in [4.78, 5) is 37.1. The summed E-state index contributed by atoms with van der Waals surface area (Å²) in [5.74, 6) is -1.22. The molecule has 0 unspecified atom stereocenters. The van der Waals surface area contributed by atoms with Gasteiger partial charge in [0, 0.05) is 6.20 Å². The fraction of sp³-hybridized carbons (Fsp3) is 0.500. The molecule has 1 rings (SSSR count). The Kier molecular flexibility index (Phi) is 6.38. The smallest absolute Gasteiger partial charge is 0.417 e. The maximum absolute atomic E-state index is 12.7. The molecule has 2 amide bonds. The van der Waals surface area contributed by atoms with Gasteiger partial charge in [0.2, 0.25) is 5.91 Å². The van der Waals surface area contributed by atoms with Crippen LogP contribution in [0.1, 0.15) is 26.3 Å². The number of halogens is 3. The fourth-order valence-electron chi connectivity index (χ4n) is 1.79. The lowest BCUT2D eigenvalue weighted by Gasteiger charge is -2.21. The standard InChI is InChI=1S/C14H18F3N3O4/c1-4-24-13(23)20-10(7(2)3)12(22)19-9-5-8(14(15,16)17)6-18-11(9)21/h5-7,10H,4H2,1-3H3,(H,18,21)(H,19,22)(H,20,23)/t10-/m1/s1. The number of hydrogen-bond donors (Lipinski definition) is 3. The minimum absolute atomic E-state index is 0.0889. The summed E-state index contributed by atoms with van der Waals surface area (Å²) < 4.78 is 42.7. The molecule has 0 aliphatic rings. The second-order valence-electron chi connectivity index (χ2n) is 5.20. The van der Waals surface area contributed by atoms with Gasteiger partial charge >= 0.3 is 12.3 Å². The van der Waals surface area contributed by atoms with E-state index < -0.39 is 41.0 Å². The number of hydrogen-bond acceptors (Lipinski definition) is 4. The van der Waals surface area contributed by atoms with Crippen molar-refractivity contribution in [2.45, 2.75) is 33.0 Å². The van der Waals surface area contributed by atoms with E-state index in [2.05, 4.69) is 15.4 Å². The molecule has 1 heterocycles. The number of pyridine rings is 1. The highest BCUT2D eigenvalue weighted by molar-refractivity contribution is 5.96. The van der Waals surface area contributed by atoms with Gasteiger partial charge in [0.1, 0.15) is 11.7 Å². The number of nitrogens with one attached hydrogen (secondary N) is 3. The number of alkyl carbamates (subject to hydrolysis) is 1. The number of alkyl halides is 3. The molecule has 1 atom stereocenters. The number of carbonyl (C=O) groups excluding carboxylic acids is 2. The van der Waals surface area contributed by atoms with Gasteiger partial charge in [0.15, 0.2) is 0 Å². The number of anilines is 1. The van der Waals surface area contributed by atoms with Crippen molar-refractivity contribution in [1.29, 1.82) is 0 Å². The first-order valence-electron chi connectivity index (χ1n) is 7.10. The summed E-state index contributed by atoms with van der Waals surface area (Å²) in [7, 11) is 0. The molecule has 0 radical (unpaired) electrons. The van der Waals surface area contributed by atoms with Gasteiger partial charge in [-0.25, -0.2) is 4.79 Å². The summed E-state index contributed by atoms with van der Waals surface area (Å²) >= 11 is 0. The lowest BCUT2D eigenvalue weighted by atomic mass is 10.0. The Labute approximate surface area is 135 Å². The number of aromatic amines is 1. The van der Waals surface area contributed by atoms with Crippen LogP contribution in [-0.2, 0) is 15.7 Å². The van der Waals surface area contributed by atoms with Crippen molar-refractivity contribution in [2.75, 3.05) is 11.9 Å². The molecule has 0 saturated carbocycles. The van der Waals surface area contributed by atoms with Crippen molar-refractivity contribution < 1.29 is 27.5 Å². The summed E-state index contributed by atoms with van der Waals surface area (Å²) in [5.41, 5.74) is -2.57. The van der Waals surface area contributed by atoms with Crippen LogP contribution in [0.2, 0.25) is 0 Å². The molecule has 0 bridgehead atoms. The molecule has 134 valence electrons. The molecule has 0 aliphatic carbocycles. The lowest BCUT2D eigenvalue weighted by Crippen LogP contribution is -2.47. The zero-order valence-corrected chi connectivity index (χ0v) is 13.3. The van der Waals surface area contributed by atoms with E-state index in [1.54, 1.807) is 20.8 Å². The van der Waals surface area contributed by atoms with Crippen molar-refractivity contribution in [3.63, 3.8) is 0 Å². The van der Waals surface area contributed by atoms with Crippen molar-refractivity contribution >= 4 is 17.7 Å². The van der Waals surface area contributed by atoms with E-state index in [1.165, 1.54) is 0 Å². The van der Waals surface area contributed by atoms with Gasteiger partial charge in [-0.2, -0.15) is 13.2 Å². The SMILES string of the molecule is CCOC(=O)N[C@@H](C(=O)Nc1cc(C(F)(F)F)c[nH]c1=O)C(C)C. The highest BCUT2D eigenvalue weighted by Crippen LogP contribution is 2.29. The number of carbonyl (C=O) groups is 2. The van der Waals surface area contributed by atoms with Gasteiger partial charge in [-0.05, 0) is 18.9 Å². The topological polar surface area (TPSA) is 100 Å². The predicted octanol–water partition coefficient (Wildman–Crippen LogP) is 2.10. The second-order valence-corrected chi connectivity index (χ2v) is 5.20. The van der Waals surface area contributed by atoms with Crippen LogP contribution in [0.4, 0.5) is 23.7 Å². The normalized spacial score (nSPS) is 12.6. The average Bonchev–Trinajstić information content (AvgIpc) is 2.45. The van der Waals surface area contributed by atoms with Gasteiger partial charge in [0.25, 0.3) is 5.56 Å². The van der Waals surface area contributed by atoms with E-state index in [0.717, 1.165) is 0 Å². The third-order valence-corrected chi connectivity index (χ3v) is 2.99. The zero-order valence-electron chi connectivity index (χ0n) is 13.3. The van der Waals surface area contributed by atoms with E-state index in [4.69, 9.17) is 0 Å². The van der Waals surface area contributed by atoms with Crippen molar-refractivity contribution in [3.8, 4) is 0 Å². The van der Waals surface area contributed by atoms with Crippen molar-refractivity contribution in [3.05, 3.63) is 28.2 Å². The predicted molar refractivity (Wildman–Crippen MR) is 79.5 cm³/mol. The highest BCUT2D eigenvalue weighted by atomic mass is 19.4. The highest BCUT2D eigenvalue weighted by Gasteiger charge is 2.32. The Morgan fingerprint density at radius 1 is 1.33 bits per heavy atom. The molecular formula is C14H18F3N3O4. The van der Waals surface area contributed by atoms with Gasteiger partial charge in [-0.15, -0.1) is 0 Å². The number of amides is 2. The minimum atomic E-state index is -4.68. The Morgan fingerprint density at radius 3 is 2.46 bits per heavy atom. The molecule has 0 fully saturated rings. The molecular weight excluding hydrogens is 331 g/mol. The Hall–Kier alpha value is -2.52. The quantitative estimate of drug-likeness (QED) is 0.758. The van der Waals surface area contributed by atoms with Crippen LogP contribution in [0.5, 0.6) is 0 Å². The summed E-state index contributed by atoms with van der Waals surface area (Å²) in [6.45, 7) is 4.90. The van der Waals surface area contributed by atoms with E-state index in [9.17, 15) is 27.6 Å². The molecule has 7 nitrogen and oxygen atoms in total. The van der Waals surface area contributed by atoms with Crippen LogP contribution >= 0.6 is 0 Å². The average molecular weight is 349 g/mol. The van der Waals surface area contributed by atoms with E-state index in [0.29, 0.717) is 12.3 Å². The molecule has 0 aliphatic heterocycles. The summed E-state index contributed by atoms with van der Waals surface area (Å²) in [6.07, 6.45) is -5.01. The van der Waals surface area contributed by atoms with Crippen LogP contribution in [0.3, 0.4) is 0 Å². The molecule has 0 aromatic carbocycles. The number of ether oxygens (including phenoxy) is 1. The van der Waals surface area contributed by atoms with Crippen LogP contribution in [0, 0.1) is 5.92 Å². The minimum Gasteiger partial charge on any atom is -0.450 e. The number of rotatable bonds is 5. The Bertz CT molecular complexity index is 655. The molecule has 0 saturated heterocycles. The van der Waals surface area contributed by atoms with Crippen LogP contribution in [0.15, 0.2) is 17.1 Å². The maximum atomic E-state index is 12.7. The molecule has 1 aromatic rings. The van der Waals surface area contributed by atoms with Crippen molar-refractivity contribution in [1.82, 2.24) is 10.3 Å². The third-order valence-electron chi connectivity index (χ3n) is 2.99. The number of H-pyrrole nitrogens is 1. The summed E-state index contributed by atoms with van der Waals surface area (Å²) in [5, 5.41) is 4.39. The first kappa shape index (κ1) is 19.5. The van der Waals surface area contributed by atoms with Crippen molar-refractivity contribution in [2.24, 2.45) is 5.92 Å². The third kappa shape index (κ3) is 5.28. The van der Waals surface area contributed by atoms with Crippen LogP contribution < -0.4 is 16.2 Å². The maximum Gasteiger partial charge on any atom is 0.417 e. The van der Waals surface area contributed by atoms with E-state index in [-0.39, 0.29) is 12.5 Å². The van der Waals surface area contributed by atoms with Gasteiger partial charge in [-0.1, -0.05) is 13.8 Å². The molecule has 3 N–H and O–H groups in total. The number of aromatic nitrogens is 1. The van der Waals surface area contributed by atoms with Crippen LogP contribution in [-0.4, -0.2) is 29.6 Å². The molecule has 24 heavy (non-hydrogen) atoms. The second kappa shape index (κ2) is 7.84. The van der Waals surface area contributed by atoms with Gasteiger partial charge < -0.3 is 20.4 Å². The summed E-state index contributed by atoms with van der Waals surface area (Å²) in [6, 6.07) is -0.559. The van der Waals surface area contributed by atoms with Gasteiger partial charge in [0.05, 0.1) is 12.2 Å². The Morgan fingerprint density at radius 2 is 1.96 bits per heavy atom. The van der Waals surface area contributed by atoms with Crippen LogP contribution in [0.25, 0.3) is 0 Å². The van der Waals surface area contributed by atoms with Gasteiger partial charge in [-0.3, -0.25) is 9.59 Å². The zero-order chi connectivity index (χ0) is 18.5. The van der Waals surface area contributed by atoms with E-state index >= 15 is 0 Å². The molecule has 0 spiro atoms. The Balaban J connectivity index is 2.99. The first-order valence-corrected chi connectivity index (χ1v) is 7.10. The van der Waals surface area contributed by atoms with E-state index in [1.807, 2.05) is 4.98 Å². The lowest BCUT2D eigenvalue weighted by molar-refractivity contribution is -0.137.